The molecular weight excluding hydrogens is 272 g/mol. The summed E-state index contributed by atoms with van der Waals surface area (Å²) < 4.78 is 24.1. The smallest absolute Gasteiger partial charge is 0.166 e. The summed E-state index contributed by atoms with van der Waals surface area (Å²) in [5.41, 5.74) is 1.38. The zero-order valence-corrected chi connectivity index (χ0v) is 11.9. The first-order chi connectivity index (χ1) is 9.52. The number of carbonyl (C=O) groups is 1. The van der Waals surface area contributed by atoms with Crippen molar-refractivity contribution in [2.45, 2.75) is 36.2 Å². The number of rotatable bonds is 2. The summed E-state index contributed by atoms with van der Waals surface area (Å²) in [5.74, 6) is 2.41. The molecule has 0 N–H and O–H groups in total. The molecular formula is C16H16O3S. The molecule has 1 aromatic rings. The SMILES string of the molecule is C#Cc1ccc(C(=O)C2CC3CCC(C2)S3(=O)=O)cc1. The summed E-state index contributed by atoms with van der Waals surface area (Å²) >= 11 is 0. The van der Waals surface area contributed by atoms with Crippen molar-refractivity contribution in [3.05, 3.63) is 35.4 Å². The Kier molecular flexibility index (Phi) is 3.18. The highest BCUT2D eigenvalue weighted by atomic mass is 32.2. The summed E-state index contributed by atoms with van der Waals surface area (Å²) in [4.78, 5) is 12.5. The molecule has 2 fully saturated rings. The maximum absolute atomic E-state index is 12.5. The van der Waals surface area contributed by atoms with E-state index in [2.05, 4.69) is 5.92 Å². The third-order valence-corrected chi connectivity index (χ3v) is 7.26. The molecule has 2 atom stereocenters. The van der Waals surface area contributed by atoms with Gasteiger partial charge in [-0.1, -0.05) is 18.1 Å². The van der Waals surface area contributed by atoms with Gasteiger partial charge in [0.15, 0.2) is 15.6 Å². The number of terminal acetylenes is 1. The zero-order chi connectivity index (χ0) is 14.3. The van der Waals surface area contributed by atoms with Crippen LogP contribution in [-0.2, 0) is 9.84 Å². The Bertz CT molecular complexity index is 659. The molecule has 0 radical (unpaired) electrons. The van der Waals surface area contributed by atoms with Crippen LogP contribution in [0.2, 0.25) is 0 Å². The second kappa shape index (κ2) is 4.75. The number of carbonyl (C=O) groups excluding carboxylic acids is 1. The van der Waals surface area contributed by atoms with Gasteiger partial charge in [-0.05, 0) is 37.8 Å². The first-order valence-corrected chi connectivity index (χ1v) is 8.47. The maximum atomic E-state index is 12.5. The van der Waals surface area contributed by atoms with Crippen LogP contribution in [0.5, 0.6) is 0 Å². The molecule has 4 heteroatoms. The molecule has 104 valence electrons. The Hall–Kier alpha value is -1.60. The van der Waals surface area contributed by atoms with Crippen LogP contribution in [0.4, 0.5) is 0 Å². The first-order valence-electron chi connectivity index (χ1n) is 6.86. The number of Topliss-reactive ketones (excluding diaryl/α,β-unsaturated/α-hetero) is 1. The third kappa shape index (κ3) is 2.06. The van der Waals surface area contributed by atoms with Crippen molar-refractivity contribution >= 4 is 15.6 Å². The Morgan fingerprint density at radius 3 is 2.15 bits per heavy atom. The largest absolute Gasteiger partial charge is 0.294 e. The van der Waals surface area contributed by atoms with Crippen molar-refractivity contribution in [3.63, 3.8) is 0 Å². The molecule has 3 nitrogen and oxygen atoms in total. The molecule has 0 saturated carbocycles. The van der Waals surface area contributed by atoms with E-state index < -0.39 is 9.84 Å². The van der Waals surface area contributed by atoms with Crippen molar-refractivity contribution in [2.24, 2.45) is 5.92 Å². The molecule has 2 heterocycles. The van der Waals surface area contributed by atoms with Gasteiger partial charge in [-0.15, -0.1) is 6.42 Å². The summed E-state index contributed by atoms with van der Waals surface area (Å²) in [5, 5.41) is -0.611. The van der Waals surface area contributed by atoms with Crippen LogP contribution in [-0.4, -0.2) is 24.7 Å². The predicted molar refractivity (Wildman–Crippen MR) is 77.2 cm³/mol. The zero-order valence-electron chi connectivity index (χ0n) is 11.1. The molecule has 2 aliphatic heterocycles. The van der Waals surface area contributed by atoms with E-state index in [-0.39, 0.29) is 22.2 Å². The highest BCUT2D eigenvalue weighted by Crippen LogP contribution is 2.42. The van der Waals surface area contributed by atoms with Crippen molar-refractivity contribution in [1.82, 2.24) is 0 Å². The summed E-state index contributed by atoms with van der Waals surface area (Å²) in [6.07, 6.45) is 7.68. The van der Waals surface area contributed by atoms with Crippen LogP contribution in [0.3, 0.4) is 0 Å². The van der Waals surface area contributed by atoms with Crippen molar-refractivity contribution in [1.29, 1.82) is 0 Å². The standard InChI is InChI=1S/C16H16O3S/c1-2-11-3-5-12(6-4-11)16(17)13-9-14-7-8-15(10-13)20(14,18)19/h1,3-6,13-15H,7-10H2. The minimum Gasteiger partial charge on any atom is -0.294 e. The fourth-order valence-corrected chi connectivity index (χ4v) is 5.86. The number of hydrogen-bond acceptors (Lipinski definition) is 3. The molecule has 1 aromatic carbocycles. The normalized spacial score (nSPS) is 30.6. The van der Waals surface area contributed by atoms with Gasteiger partial charge in [0.25, 0.3) is 0 Å². The lowest BCUT2D eigenvalue weighted by Gasteiger charge is -2.26. The monoisotopic (exact) mass is 288 g/mol. The van der Waals surface area contributed by atoms with Crippen LogP contribution >= 0.6 is 0 Å². The lowest BCUT2D eigenvalue weighted by Crippen LogP contribution is -2.36. The molecule has 0 aromatic heterocycles. The van der Waals surface area contributed by atoms with Gasteiger partial charge >= 0.3 is 0 Å². The molecule has 0 aliphatic carbocycles. The van der Waals surface area contributed by atoms with Crippen molar-refractivity contribution in [2.75, 3.05) is 0 Å². The average molecular weight is 288 g/mol. The Morgan fingerprint density at radius 2 is 1.65 bits per heavy atom. The molecule has 2 aliphatic rings. The number of fused-ring (bicyclic) bond motifs is 2. The molecule has 2 unspecified atom stereocenters. The van der Waals surface area contributed by atoms with E-state index in [4.69, 9.17) is 6.42 Å². The molecule has 20 heavy (non-hydrogen) atoms. The summed E-state index contributed by atoms with van der Waals surface area (Å²) in [7, 11) is -2.97. The second-order valence-electron chi connectivity index (χ2n) is 5.66. The Labute approximate surface area is 119 Å². The van der Waals surface area contributed by atoms with Crippen LogP contribution in [0.15, 0.2) is 24.3 Å². The van der Waals surface area contributed by atoms with Crippen molar-refractivity contribution in [3.8, 4) is 12.3 Å². The molecule has 2 saturated heterocycles. The number of benzene rings is 1. The van der Waals surface area contributed by atoms with Crippen LogP contribution < -0.4 is 0 Å². The number of ketones is 1. The van der Waals surface area contributed by atoms with Gasteiger partial charge in [-0.3, -0.25) is 4.79 Å². The van der Waals surface area contributed by atoms with Crippen molar-refractivity contribution < 1.29 is 13.2 Å². The average Bonchev–Trinajstić information content (AvgIpc) is 2.66. The Balaban J connectivity index is 1.81. The van der Waals surface area contributed by atoms with E-state index in [0.717, 1.165) is 5.56 Å². The maximum Gasteiger partial charge on any atom is 0.166 e. The van der Waals surface area contributed by atoms with Gasteiger partial charge in [0, 0.05) is 17.0 Å². The van der Waals surface area contributed by atoms with E-state index in [1.807, 2.05) is 0 Å². The van der Waals surface area contributed by atoms with E-state index in [0.29, 0.717) is 31.2 Å². The molecule has 3 rings (SSSR count). The highest BCUT2D eigenvalue weighted by Gasteiger charge is 2.48. The van der Waals surface area contributed by atoms with E-state index in [1.54, 1.807) is 24.3 Å². The van der Waals surface area contributed by atoms with Gasteiger partial charge in [0.1, 0.15) is 0 Å². The summed E-state index contributed by atoms with van der Waals surface area (Å²) in [6, 6.07) is 6.98. The van der Waals surface area contributed by atoms with Gasteiger partial charge in [0.05, 0.1) is 10.5 Å². The van der Waals surface area contributed by atoms with Gasteiger partial charge in [-0.2, -0.15) is 0 Å². The van der Waals surface area contributed by atoms with Crippen LogP contribution in [0.1, 0.15) is 41.6 Å². The van der Waals surface area contributed by atoms with E-state index in [9.17, 15) is 13.2 Å². The number of sulfone groups is 1. The quantitative estimate of drug-likeness (QED) is 0.619. The topological polar surface area (TPSA) is 51.2 Å². The van der Waals surface area contributed by atoms with Gasteiger partial charge in [0.2, 0.25) is 0 Å². The minimum atomic E-state index is -2.97. The second-order valence-corrected chi connectivity index (χ2v) is 8.18. The lowest BCUT2D eigenvalue weighted by atomic mass is 9.90. The number of hydrogen-bond donors (Lipinski definition) is 0. The molecule has 2 bridgehead atoms. The van der Waals surface area contributed by atoms with E-state index in [1.165, 1.54) is 0 Å². The predicted octanol–water partition coefficient (Wildman–Crippen LogP) is 2.21. The van der Waals surface area contributed by atoms with E-state index >= 15 is 0 Å². The fourth-order valence-electron chi connectivity index (χ4n) is 3.39. The van der Waals surface area contributed by atoms with Crippen LogP contribution in [0.25, 0.3) is 0 Å². The summed E-state index contributed by atoms with van der Waals surface area (Å²) in [6.45, 7) is 0. The Morgan fingerprint density at radius 1 is 1.10 bits per heavy atom. The third-order valence-electron chi connectivity index (χ3n) is 4.54. The lowest BCUT2D eigenvalue weighted by molar-refractivity contribution is 0.0905. The fraction of sp³-hybridized carbons (Fsp3) is 0.438. The van der Waals surface area contributed by atoms with Crippen LogP contribution in [0, 0.1) is 18.3 Å². The van der Waals surface area contributed by atoms with Gasteiger partial charge in [-0.25, -0.2) is 8.42 Å². The highest BCUT2D eigenvalue weighted by molar-refractivity contribution is 7.93. The molecule has 0 amide bonds. The first kappa shape index (κ1) is 13.4. The van der Waals surface area contributed by atoms with Gasteiger partial charge < -0.3 is 0 Å². The molecule has 0 spiro atoms. The minimum absolute atomic E-state index is 0.0559.